The maximum Gasteiger partial charge on any atom is 0.269 e. The second kappa shape index (κ2) is 6.66. The molecule has 0 bridgehead atoms. The Bertz CT molecular complexity index is 1080. The molecule has 4 aromatic rings. The maximum absolute atomic E-state index is 12.5. The molecule has 0 atom stereocenters. The van der Waals surface area contributed by atoms with Crippen molar-refractivity contribution in [3.63, 3.8) is 0 Å². The van der Waals surface area contributed by atoms with Crippen LogP contribution in [0.25, 0.3) is 20.8 Å². The molecular formula is C18H11N3O3S2. The Labute approximate surface area is 155 Å². The van der Waals surface area contributed by atoms with Gasteiger partial charge in [-0.15, -0.1) is 22.7 Å². The predicted octanol–water partition coefficient (Wildman–Crippen LogP) is 5.19. The number of anilines is 1. The largest absolute Gasteiger partial charge is 0.313 e. The number of rotatable bonds is 4. The highest BCUT2D eigenvalue weighted by Gasteiger charge is 2.15. The van der Waals surface area contributed by atoms with Crippen molar-refractivity contribution in [3.05, 3.63) is 75.7 Å². The number of nitro benzene ring substituents is 1. The third-order valence-corrected chi connectivity index (χ3v) is 5.66. The van der Waals surface area contributed by atoms with E-state index in [9.17, 15) is 14.9 Å². The Hall–Kier alpha value is -3.10. The van der Waals surface area contributed by atoms with Crippen molar-refractivity contribution in [2.75, 3.05) is 5.32 Å². The van der Waals surface area contributed by atoms with E-state index in [1.54, 1.807) is 11.3 Å². The first-order valence-electron chi connectivity index (χ1n) is 7.61. The van der Waals surface area contributed by atoms with Crippen LogP contribution in [-0.4, -0.2) is 15.8 Å². The van der Waals surface area contributed by atoms with Crippen LogP contribution in [0.1, 0.15) is 10.4 Å². The summed E-state index contributed by atoms with van der Waals surface area (Å²) in [6, 6.07) is 15.3. The van der Waals surface area contributed by atoms with Gasteiger partial charge in [0.1, 0.15) is 10.0 Å². The van der Waals surface area contributed by atoms with Gasteiger partial charge in [-0.3, -0.25) is 14.9 Å². The fraction of sp³-hybridized carbons (Fsp3) is 0. The first-order chi connectivity index (χ1) is 12.6. The number of hydrogen-bond acceptors (Lipinski definition) is 6. The molecule has 0 unspecified atom stereocenters. The third kappa shape index (κ3) is 3.07. The summed E-state index contributed by atoms with van der Waals surface area (Å²) in [5.74, 6) is -0.315. The van der Waals surface area contributed by atoms with Gasteiger partial charge >= 0.3 is 0 Å². The second-order valence-corrected chi connectivity index (χ2v) is 7.36. The molecule has 0 aliphatic rings. The standard InChI is InChI=1S/C18H11N3O3S2/c22-16(11-5-7-12(8-6-11)21(23)24)20-17-13(9-10-25-17)18-19-14-3-1-2-4-15(14)26-18/h1-10H,(H,20,22). The molecule has 0 aliphatic heterocycles. The molecule has 1 amide bonds. The van der Waals surface area contributed by atoms with Crippen LogP contribution in [0.4, 0.5) is 10.7 Å². The molecule has 0 radical (unpaired) electrons. The fourth-order valence-electron chi connectivity index (χ4n) is 2.47. The van der Waals surface area contributed by atoms with Gasteiger partial charge < -0.3 is 5.32 Å². The van der Waals surface area contributed by atoms with Crippen molar-refractivity contribution < 1.29 is 9.72 Å². The highest BCUT2D eigenvalue weighted by Crippen LogP contribution is 2.37. The van der Waals surface area contributed by atoms with Gasteiger partial charge in [0.2, 0.25) is 0 Å². The van der Waals surface area contributed by atoms with E-state index in [1.807, 2.05) is 35.7 Å². The lowest BCUT2D eigenvalue weighted by atomic mass is 10.2. The van der Waals surface area contributed by atoms with Gasteiger partial charge in [-0.25, -0.2) is 4.98 Å². The number of amides is 1. The molecule has 4 rings (SSSR count). The number of carbonyl (C=O) groups is 1. The van der Waals surface area contributed by atoms with Crippen LogP contribution in [-0.2, 0) is 0 Å². The number of aromatic nitrogens is 1. The summed E-state index contributed by atoms with van der Waals surface area (Å²) in [7, 11) is 0. The average Bonchev–Trinajstić information content (AvgIpc) is 3.27. The number of para-hydroxylation sites is 1. The Morgan fingerprint density at radius 1 is 1.08 bits per heavy atom. The van der Waals surface area contributed by atoms with E-state index >= 15 is 0 Å². The average molecular weight is 381 g/mol. The van der Waals surface area contributed by atoms with Gasteiger partial charge in [-0.1, -0.05) is 12.1 Å². The number of nitrogens with one attached hydrogen (secondary N) is 1. The smallest absolute Gasteiger partial charge is 0.269 e. The zero-order valence-corrected chi connectivity index (χ0v) is 14.8. The number of nitro groups is 1. The van der Waals surface area contributed by atoms with E-state index < -0.39 is 4.92 Å². The van der Waals surface area contributed by atoms with E-state index in [0.717, 1.165) is 20.8 Å². The summed E-state index contributed by atoms with van der Waals surface area (Å²) in [6.45, 7) is 0. The molecular weight excluding hydrogens is 370 g/mol. The summed E-state index contributed by atoms with van der Waals surface area (Å²) in [5, 5.41) is 17.0. The van der Waals surface area contributed by atoms with Crippen molar-refractivity contribution in [1.82, 2.24) is 4.98 Å². The molecule has 0 saturated heterocycles. The molecule has 2 heterocycles. The number of thiophene rings is 1. The summed E-state index contributed by atoms with van der Waals surface area (Å²) in [4.78, 5) is 27.3. The zero-order chi connectivity index (χ0) is 18.1. The molecule has 2 aromatic carbocycles. The van der Waals surface area contributed by atoms with Crippen molar-refractivity contribution in [3.8, 4) is 10.6 Å². The van der Waals surface area contributed by atoms with Crippen LogP contribution >= 0.6 is 22.7 Å². The van der Waals surface area contributed by atoms with E-state index in [2.05, 4.69) is 10.3 Å². The molecule has 0 saturated carbocycles. The minimum absolute atomic E-state index is 0.0483. The third-order valence-electron chi connectivity index (χ3n) is 3.76. The Kier molecular flexibility index (Phi) is 4.19. The van der Waals surface area contributed by atoms with Gasteiger partial charge in [0.25, 0.3) is 11.6 Å². The first-order valence-corrected chi connectivity index (χ1v) is 9.31. The molecule has 2 aromatic heterocycles. The van der Waals surface area contributed by atoms with E-state index in [4.69, 9.17) is 0 Å². The summed E-state index contributed by atoms with van der Waals surface area (Å²) in [5.41, 5.74) is 2.10. The lowest BCUT2D eigenvalue weighted by Crippen LogP contribution is -2.11. The number of non-ortho nitro benzene ring substituents is 1. The zero-order valence-electron chi connectivity index (χ0n) is 13.2. The number of thiazole rings is 1. The number of fused-ring (bicyclic) bond motifs is 1. The maximum atomic E-state index is 12.5. The SMILES string of the molecule is O=C(Nc1sccc1-c1nc2ccccc2s1)c1ccc([N+](=O)[O-])cc1. The van der Waals surface area contributed by atoms with Gasteiger partial charge in [-0.2, -0.15) is 0 Å². The number of carbonyl (C=O) groups excluding carboxylic acids is 1. The van der Waals surface area contributed by atoms with E-state index in [1.165, 1.54) is 35.6 Å². The Balaban J connectivity index is 1.60. The van der Waals surface area contributed by atoms with Gasteiger partial charge in [-0.05, 0) is 35.7 Å². The minimum atomic E-state index is -0.494. The number of nitrogens with zero attached hydrogens (tertiary/aromatic N) is 2. The van der Waals surface area contributed by atoms with Crippen LogP contribution in [0, 0.1) is 10.1 Å². The fourth-order valence-corrected chi connectivity index (χ4v) is 4.32. The second-order valence-electron chi connectivity index (χ2n) is 5.41. The molecule has 26 heavy (non-hydrogen) atoms. The van der Waals surface area contributed by atoms with Crippen LogP contribution in [0.15, 0.2) is 60.0 Å². The molecule has 0 aliphatic carbocycles. The van der Waals surface area contributed by atoms with Gasteiger partial charge in [0.15, 0.2) is 0 Å². The van der Waals surface area contributed by atoms with E-state index in [0.29, 0.717) is 10.6 Å². The molecule has 128 valence electrons. The van der Waals surface area contributed by atoms with E-state index in [-0.39, 0.29) is 11.6 Å². The van der Waals surface area contributed by atoms with Crippen molar-refractivity contribution >= 4 is 49.5 Å². The number of benzene rings is 2. The summed E-state index contributed by atoms with van der Waals surface area (Å²) >= 11 is 2.98. The Morgan fingerprint density at radius 3 is 2.58 bits per heavy atom. The first kappa shape index (κ1) is 16.4. The molecule has 6 nitrogen and oxygen atoms in total. The van der Waals surface area contributed by atoms with Gasteiger partial charge in [0.05, 0.1) is 15.1 Å². The topological polar surface area (TPSA) is 85.1 Å². The summed E-state index contributed by atoms with van der Waals surface area (Å²) in [6.07, 6.45) is 0. The molecule has 0 spiro atoms. The highest BCUT2D eigenvalue weighted by molar-refractivity contribution is 7.22. The van der Waals surface area contributed by atoms with Crippen molar-refractivity contribution in [2.24, 2.45) is 0 Å². The van der Waals surface area contributed by atoms with Crippen LogP contribution < -0.4 is 5.32 Å². The normalized spacial score (nSPS) is 10.8. The van der Waals surface area contributed by atoms with Crippen LogP contribution in [0.5, 0.6) is 0 Å². The number of hydrogen-bond donors (Lipinski definition) is 1. The van der Waals surface area contributed by atoms with Crippen molar-refractivity contribution in [1.29, 1.82) is 0 Å². The Morgan fingerprint density at radius 2 is 1.85 bits per heavy atom. The van der Waals surface area contributed by atoms with Gasteiger partial charge in [0, 0.05) is 23.3 Å². The van der Waals surface area contributed by atoms with Crippen molar-refractivity contribution in [2.45, 2.75) is 0 Å². The quantitative estimate of drug-likeness (QED) is 0.390. The van der Waals surface area contributed by atoms with Crippen LogP contribution in [0.3, 0.4) is 0 Å². The summed E-state index contributed by atoms with van der Waals surface area (Å²) < 4.78 is 1.08. The molecule has 1 N–H and O–H groups in total. The van der Waals surface area contributed by atoms with Crippen LogP contribution in [0.2, 0.25) is 0 Å². The lowest BCUT2D eigenvalue weighted by molar-refractivity contribution is -0.384. The predicted molar refractivity (Wildman–Crippen MR) is 104 cm³/mol. The minimum Gasteiger partial charge on any atom is -0.313 e. The molecule has 0 fully saturated rings. The highest BCUT2D eigenvalue weighted by atomic mass is 32.1. The lowest BCUT2D eigenvalue weighted by Gasteiger charge is -2.05. The monoisotopic (exact) mass is 381 g/mol. The molecule has 8 heteroatoms.